The van der Waals surface area contributed by atoms with Crippen molar-refractivity contribution in [2.45, 2.75) is 19.8 Å². The Morgan fingerprint density at radius 2 is 1.69 bits per heavy atom. The summed E-state index contributed by atoms with van der Waals surface area (Å²) < 4.78 is 0. The minimum atomic E-state index is -0.236. The Bertz CT molecular complexity index is 751. The summed E-state index contributed by atoms with van der Waals surface area (Å²) in [5.41, 5.74) is 2.38. The lowest BCUT2D eigenvalue weighted by atomic mass is 10.0. The molecule has 1 fully saturated rings. The van der Waals surface area contributed by atoms with E-state index in [1.165, 1.54) is 18.0 Å². The van der Waals surface area contributed by atoms with Gasteiger partial charge in [0.15, 0.2) is 0 Å². The normalized spacial score (nSPS) is 14.4. The molecule has 0 atom stereocenters. The largest absolute Gasteiger partial charge is 0.342 e. The second-order valence-electron chi connectivity index (χ2n) is 6.63. The summed E-state index contributed by atoms with van der Waals surface area (Å²) >= 11 is 0. The number of nitrogens with one attached hydrogen (secondary N) is 1. The van der Waals surface area contributed by atoms with Crippen LogP contribution in [0.2, 0.25) is 0 Å². The highest BCUT2D eigenvalue weighted by Crippen LogP contribution is 2.18. The number of amides is 2. The van der Waals surface area contributed by atoms with Crippen LogP contribution in [-0.4, -0.2) is 53.4 Å². The molecule has 0 saturated carbocycles. The zero-order valence-electron chi connectivity index (χ0n) is 15.1. The van der Waals surface area contributed by atoms with Crippen LogP contribution in [0, 0.1) is 0 Å². The fourth-order valence-corrected chi connectivity index (χ4v) is 2.78. The van der Waals surface area contributed by atoms with Crippen LogP contribution in [0.3, 0.4) is 0 Å². The Hall–Kier alpha value is -2.96. The minimum absolute atomic E-state index is 0.236. The van der Waals surface area contributed by atoms with Crippen molar-refractivity contribution in [2.24, 2.45) is 0 Å². The van der Waals surface area contributed by atoms with Crippen molar-refractivity contribution >= 4 is 24.0 Å². The number of hydrogen-bond acceptors (Lipinski definition) is 5. The summed E-state index contributed by atoms with van der Waals surface area (Å²) in [5.74, 6) is 0.794. The molecule has 0 aliphatic carbocycles. The molecule has 0 unspecified atom stereocenters. The van der Waals surface area contributed by atoms with E-state index in [1.807, 2.05) is 29.2 Å². The van der Waals surface area contributed by atoms with Crippen LogP contribution >= 0.6 is 0 Å². The summed E-state index contributed by atoms with van der Waals surface area (Å²) in [6.45, 7) is 6.94. The number of nitrogens with zero attached hydrogens (tertiary/aromatic N) is 4. The van der Waals surface area contributed by atoms with E-state index in [2.05, 4.69) is 29.1 Å². The zero-order valence-corrected chi connectivity index (χ0v) is 15.1. The lowest BCUT2D eigenvalue weighted by Crippen LogP contribution is -2.46. The standard InChI is InChI=1S/C19H23N5O2/c1-14(2)15-3-5-17(6-4-15)22-18(26)16-11-20-19(21-12-16)24-9-7-23(13-25)8-10-24/h3-6,11-14H,7-10H2,1-2H3,(H,22,26). The molecule has 1 N–H and O–H groups in total. The highest BCUT2D eigenvalue weighted by molar-refractivity contribution is 6.03. The van der Waals surface area contributed by atoms with Crippen molar-refractivity contribution in [3.63, 3.8) is 0 Å². The SMILES string of the molecule is CC(C)c1ccc(NC(=O)c2cnc(N3CCN(C=O)CC3)nc2)cc1. The number of benzene rings is 1. The van der Waals surface area contributed by atoms with Crippen molar-refractivity contribution in [1.82, 2.24) is 14.9 Å². The second-order valence-corrected chi connectivity index (χ2v) is 6.63. The number of aromatic nitrogens is 2. The number of carbonyl (C=O) groups excluding carboxylic acids is 2. The topological polar surface area (TPSA) is 78.4 Å². The molecule has 26 heavy (non-hydrogen) atoms. The first-order valence-corrected chi connectivity index (χ1v) is 8.74. The van der Waals surface area contributed by atoms with Gasteiger partial charge in [0.05, 0.1) is 5.56 Å². The van der Waals surface area contributed by atoms with Crippen molar-refractivity contribution in [3.05, 3.63) is 47.8 Å². The molecule has 2 amide bonds. The van der Waals surface area contributed by atoms with Crippen molar-refractivity contribution in [2.75, 3.05) is 36.4 Å². The molecule has 0 spiro atoms. The third-order valence-corrected chi connectivity index (χ3v) is 4.48. The molecule has 1 saturated heterocycles. The highest BCUT2D eigenvalue weighted by Gasteiger charge is 2.18. The van der Waals surface area contributed by atoms with Gasteiger partial charge in [0.1, 0.15) is 0 Å². The molecule has 1 aromatic carbocycles. The van der Waals surface area contributed by atoms with Crippen molar-refractivity contribution in [3.8, 4) is 0 Å². The first-order chi connectivity index (χ1) is 12.6. The van der Waals surface area contributed by atoms with Crippen LogP contribution in [0.1, 0.15) is 35.7 Å². The molecule has 2 aromatic rings. The fraction of sp³-hybridized carbons (Fsp3) is 0.368. The second kappa shape index (κ2) is 7.95. The quantitative estimate of drug-likeness (QED) is 0.833. The number of piperazine rings is 1. The van der Waals surface area contributed by atoms with Crippen LogP contribution in [0.4, 0.5) is 11.6 Å². The molecule has 0 bridgehead atoms. The molecule has 7 heteroatoms. The number of rotatable bonds is 5. The average Bonchev–Trinajstić information content (AvgIpc) is 2.68. The summed E-state index contributed by atoms with van der Waals surface area (Å²) in [4.78, 5) is 35.4. The maximum absolute atomic E-state index is 12.4. The summed E-state index contributed by atoms with van der Waals surface area (Å²) in [5, 5.41) is 2.86. The van der Waals surface area contributed by atoms with Gasteiger partial charge in [0.25, 0.3) is 5.91 Å². The van der Waals surface area contributed by atoms with E-state index in [0.717, 1.165) is 12.1 Å². The molecular weight excluding hydrogens is 330 g/mol. The van der Waals surface area contributed by atoms with E-state index < -0.39 is 0 Å². The Balaban J connectivity index is 1.61. The monoisotopic (exact) mass is 353 g/mol. The van der Waals surface area contributed by atoms with Crippen molar-refractivity contribution in [1.29, 1.82) is 0 Å². The molecule has 3 rings (SSSR count). The summed E-state index contributed by atoms with van der Waals surface area (Å²) in [6, 6.07) is 7.82. The predicted molar refractivity (Wildman–Crippen MR) is 100 cm³/mol. The van der Waals surface area contributed by atoms with E-state index in [-0.39, 0.29) is 5.91 Å². The van der Waals surface area contributed by atoms with Gasteiger partial charge in [-0.05, 0) is 23.6 Å². The number of carbonyl (C=O) groups is 2. The lowest BCUT2D eigenvalue weighted by molar-refractivity contribution is -0.118. The van der Waals surface area contributed by atoms with E-state index in [0.29, 0.717) is 43.6 Å². The van der Waals surface area contributed by atoms with Crippen LogP contribution in [-0.2, 0) is 4.79 Å². The predicted octanol–water partition coefficient (Wildman–Crippen LogP) is 2.13. The number of anilines is 2. The van der Waals surface area contributed by atoms with Gasteiger partial charge in [-0.1, -0.05) is 26.0 Å². The van der Waals surface area contributed by atoms with Gasteiger partial charge in [-0.25, -0.2) is 9.97 Å². The summed E-state index contributed by atoms with van der Waals surface area (Å²) in [7, 11) is 0. The van der Waals surface area contributed by atoms with Crippen LogP contribution in [0.25, 0.3) is 0 Å². The fourth-order valence-electron chi connectivity index (χ4n) is 2.78. The number of hydrogen-bond donors (Lipinski definition) is 1. The third kappa shape index (κ3) is 4.17. The maximum Gasteiger partial charge on any atom is 0.258 e. The van der Waals surface area contributed by atoms with Gasteiger partial charge in [-0.15, -0.1) is 0 Å². The molecule has 1 aliphatic heterocycles. The van der Waals surface area contributed by atoms with E-state index in [9.17, 15) is 9.59 Å². The lowest BCUT2D eigenvalue weighted by Gasteiger charge is -2.32. The van der Waals surface area contributed by atoms with Crippen LogP contribution in [0.5, 0.6) is 0 Å². The smallest absolute Gasteiger partial charge is 0.258 e. The first kappa shape index (κ1) is 17.8. The molecule has 7 nitrogen and oxygen atoms in total. The molecule has 2 heterocycles. The van der Waals surface area contributed by atoms with E-state index >= 15 is 0 Å². The third-order valence-electron chi connectivity index (χ3n) is 4.48. The summed E-state index contributed by atoms with van der Waals surface area (Å²) in [6.07, 6.45) is 3.93. The van der Waals surface area contributed by atoms with Crippen LogP contribution in [0.15, 0.2) is 36.7 Å². The Kier molecular flexibility index (Phi) is 5.46. The molecule has 136 valence electrons. The Labute approximate surface area is 153 Å². The maximum atomic E-state index is 12.4. The Morgan fingerprint density at radius 3 is 2.23 bits per heavy atom. The Morgan fingerprint density at radius 1 is 1.08 bits per heavy atom. The molecule has 1 aromatic heterocycles. The van der Waals surface area contributed by atoms with Gasteiger partial charge in [0.2, 0.25) is 12.4 Å². The first-order valence-electron chi connectivity index (χ1n) is 8.74. The van der Waals surface area contributed by atoms with Gasteiger partial charge >= 0.3 is 0 Å². The van der Waals surface area contributed by atoms with Gasteiger partial charge < -0.3 is 15.1 Å². The van der Waals surface area contributed by atoms with Crippen molar-refractivity contribution < 1.29 is 9.59 Å². The molecule has 1 aliphatic rings. The highest BCUT2D eigenvalue weighted by atomic mass is 16.1. The minimum Gasteiger partial charge on any atom is -0.342 e. The van der Waals surface area contributed by atoms with E-state index in [1.54, 1.807) is 4.90 Å². The molecule has 0 radical (unpaired) electrons. The van der Waals surface area contributed by atoms with Gasteiger partial charge in [0, 0.05) is 44.3 Å². The van der Waals surface area contributed by atoms with E-state index in [4.69, 9.17) is 0 Å². The van der Waals surface area contributed by atoms with Gasteiger partial charge in [-0.2, -0.15) is 0 Å². The zero-order chi connectivity index (χ0) is 18.5. The molecular formula is C19H23N5O2. The van der Waals surface area contributed by atoms with Crippen LogP contribution < -0.4 is 10.2 Å². The average molecular weight is 353 g/mol. The van der Waals surface area contributed by atoms with Gasteiger partial charge in [-0.3, -0.25) is 9.59 Å².